The molecule has 1 aromatic carbocycles. The number of carbonyl (C=O) groups is 2. The summed E-state index contributed by atoms with van der Waals surface area (Å²) in [4.78, 5) is 29.7. The number of pyridine rings is 1. The highest BCUT2D eigenvalue weighted by molar-refractivity contribution is 6.06. The lowest BCUT2D eigenvalue weighted by molar-refractivity contribution is -0.120. The first kappa shape index (κ1) is 15.9. The molecule has 1 saturated heterocycles. The highest BCUT2D eigenvalue weighted by atomic mass is 19.2. The quantitative estimate of drug-likeness (QED) is 0.894. The zero-order valence-electron chi connectivity index (χ0n) is 12.6. The Kier molecular flexibility index (Phi) is 4.37. The summed E-state index contributed by atoms with van der Waals surface area (Å²) in [5.41, 5.74) is -0.0814. The smallest absolute Gasteiger partial charge is 0.258 e. The Morgan fingerprint density at radius 1 is 1.25 bits per heavy atom. The summed E-state index contributed by atoms with van der Waals surface area (Å²) in [5, 5.41) is 5.22. The van der Waals surface area contributed by atoms with Gasteiger partial charge in [-0.3, -0.25) is 9.59 Å². The average Bonchev–Trinajstić information content (AvgIpc) is 2.58. The van der Waals surface area contributed by atoms with Gasteiger partial charge in [-0.1, -0.05) is 6.07 Å². The molecule has 24 heavy (non-hydrogen) atoms. The number of halogens is 2. The van der Waals surface area contributed by atoms with E-state index in [2.05, 4.69) is 15.6 Å². The van der Waals surface area contributed by atoms with Gasteiger partial charge in [0, 0.05) is 19.3 Å². The van der Waals surface area contributed by atoms with Crippen LogP contribution in [0.5, 0.6) is 0 Å². The molecule has 1 fully saturated rings. The molecule has 0 unspecified atom stereocenters. The first-order valence-corrected chi connectivity index (χ1v) is 7.28. The van der Waals surface area contributed by atoms with Crippen LogP contribution in [0.4, 0.5) is 20.3 Å². The number of anilines is 2. The van der Waals surface area contributed by atoms with E-state index in [1.807, 2.05) is 0 Å². The lowest BCUT2D eigenvalue weighted by Gasteiger charge is -2.29. The maximum Gasteiger partial charge on any atom is 0.258 e. The molecule has 2 N–H and O–H groups in total. The number of carbonyl (C=O) groups excluding carboxylic acids is 2. The van der Waals surface area contributed by atoms with E-state index in [1.165, 1.54) is 18.3 Å². The fourth-order valence-electron chi connectivity index (χ4n) is 2.43. The molecular formula is C16H14F2N4O2. The molecule has 2 aromatic rings. The topological polar surface area (TPSA) is 74.3 Å². The highest BCUT2D eigenvalue weighted by Gasteiger charge is 2.22. The summed E-state index contributed by atoms with van der Waals surface area (Å²) in [6, 6.07) is 6.58. The van der Waals surface area contributed by atoms with Crippen LogP contribution in [0, 0.1) is 11.6 Å². The van der Waals surface area contributed by atoms with Crippen molar-refractivity contribution in [2.45, 2.75) is 0 Å². The van der Waals surface area contributed by atoms with Crippen molar-refractivity contribution in [3.8, 4) is 0 Å². The molecule has 2 heterocycles. The van der Waals surface area contributed by atoms with Crippen molar-refractivity contribution < 1.29 is 18.4 Å². The van der Waals surface area contributed by atoms with Gasteiger partial charge in [-0.25, -0.2) is 13.8 Å². The first-order chi connectivity index (χ1) is 11.6. The van der Waals surface area contributed by atoms with Crippen molar-refractivity contribution in [2.75, 3.05) is 29.9 Å². The van der Waals surface area contributed by atoms with Crippen molar-refractivity contribution in [1.29, 1.82) is 0 Å². The molecule has 0 atom stereocenters. The second-order valence-corrected chi connectivity index (χ2v) is 5.20. The van der Waals surface area contributed by atoms with Crippen LogP contribution in [0.3, 0.4) is 0 Å². The van der Waals surface area contributed by atoms with Crippen LogP contribution >= 0.6 is 0 Å². The van der Waals surface area contributed by atoms with Gasteiger partial charge in [-0.15, -0.1) is 0 Å². The van der Waals surface area contributed by atoms with Crippen molar-refractivity contribution in [2.24, 2.45) is 0 Å². The Labute approximate surface area is 136 Å². The molecule has 2 amide bonds. The van der Waals surface area contributed by atoms with E-state index < -0.39 is 23.1 Å². The van der Waals surface area contributed by atoms with Crippen molar-refractivity contribution >= 4 is 23.3 Å². The molecule has 0 bridgehead atoms. The minimum absolute atomic E-state index is 0.105. The van der Waals surface area contributed by atoms with E-state index in [4.69, 9.17) is 0 Å². The summed E-state index contributed by atoms with van der Waals surface area (Å²) in [6.45, 7) is 1.09. The zero-order valence-corrected chi connectivity index (χ0v) is 12.6. The van der Waals surface area contributed by atoms with Gasteiger partial charge in [-0.2, -0.15) is 0 Å². The minimum atomic E-state index is -1.21. The summed E-state index contributed by atoms with van der Waals surface area (Å²) in [5.74, 6) is -2.85. The lowest BCUT2D eigenvalue weighted by atomic mass is 10.2. The lowest BCUT2D eigenvalue weighted by Crippen LogP contribution is -2.48. The Hall–Kier alpha value is -3.03. The van der Waals surface area contributed by atoms with Gasteiger partial charge < -0.3 is 15.5 Å². The van der Waals surface area contributed by atoms with Crippen LogP contribution in [0.25, 0.3) is 0 Å². The van der Waals surface area contributed by atoms with Crippen LogP contribution < -0.4 is 15.5 Å². The number of amides is 2. The number of hydrogen-bond acceptors (Lipinski definition) is 4. The summed E-state index contributed by atoms with van der Waals surface area (Å²) in [7, 11) is 0. The molecule has 3 rings (SSSR count). The van der Waals surface area contributed by atoms with E-state index in [0.717, 1.165) is 6.07 Å². The van der Waals surface area contributed by atoms with Gasteiger partial charge in [0.15, 0.2) is 17.5 Å². The van der Waals surface area contributed by atoms with E-state index in [-0.39, 0.29) is 12.5 Å². The molecule has 124 valence electrons. The number of nitrogens with zero attached hydrogens (tertiary/aromatic N) is 2. The molecule has 1 aromatic heterocycles. The zero-order chi connectivity index (χ0) is 17.1. The normalized spacial score (nSPS) is 14.2. The van der Waals surface area contributed by atoms with E-state index >= 15 is 0 Å². The fraction of sp³-hybridized carbons (Fsp3) is 0.188. The monoisotopic (exact) mass is 332 g/mol. The standard InChI is InChI=1S/C16H14F2N4O2/c17-11-4-1-3-10(14(11)18)16(24)21-12-5-2-6-20-15(12)22-8-7-19-13(23)9-22/h1-6H,7-9H2,(H,19,23)(H,21,24). The minimum Gasteiger partial charge on any atom is -0.353 e. The molecule has 0 aliphatic carbocycles. The van der Waals surface area contributed by atoms with Crippen molar-refractivity contribution in [3.05, 3.63) is 53.7 Å². The SMILES string of the molecule is O=C1CN(c2ncccc2NC(=O)c2cccc(F)c2F)CCN1. The number of aromatic nitrogens is 1. The molecule has 0 radical (unpaired) electrons. The molecule has 0 spiro atoms. The van der Waals surface area contributed by atoms with Gasteiger partial charge >= 0.3 is 0 Å². The summed E-state index contributed by atoms with van der Waals surface area (Å²) in [6.07, 6.45) is 1.53. The Bertz CT molecular complexity index is 797. The van der Waals surface area contributed by atoms with Gasteiger partial charge in [-0.05, 0) is 24.3 Å². The maximum atomic E-state index is 13.7. The van der Waals surface area contributed by atoms with Crippen LogP contribution in [0.15, 0.2) is 36.5 Å². The van der Waals surface area contributed by atoms with Crippen molar-refractivity contribution in [1.82, 2.24) is 10.3 Å². The summed E-state index contributed by atoms with van der Waals surface area (Å²) >= 11 is 0. The largest absolute Gasteiger partial charge is 0.353 e. The third-order valence-electron chi connectivity index (χ3n) is 3.57. The van der Waals surface area contributed by atoms with Crippen molar-refractivity contribution in [3.63, 3.8) is 0 Å². The van der Waals surface area contributed by atoms with Crippen LogP contribution in [-0.2, 0) is 4.79 Å². The number of nitrogens with one attached hydrogen (secondary N) is 2. The van der Waals surface area contributed by atoms with E-state index in [1.54, 1.807) is 17.0 Å². The third-order valence-corrected chi connectivity index (χ3v) is 3.57. The molecular weight excluding hydrogens is 318 g/mol. The molecule has 1 aliphatic heterocycles. The average molecular weight is 332 g/mol. The molecule has 8 heteroatoms. The number of benzene rings is 1. The van der Waals surface area contributed by atoms with Crippen LogP contribution in [-0.4, -0.2) is 36.4 Å². The van der Waals surface area contributed by atoms with Gasteiger partial charge in [0.1, 0.15) is 0 Å². The Morgan fingerprint density at radius 3 is 2.88 bits per heavy atom. The molecule has 6 nitrogen and oxygen atoms in total. The predicted octanol–water partition coefficient (Wildman–Crippen LogP) is 1.55. The summed E-state index contributed by atoms with van der Waals surface area (Å²) < 4.78 is 27.0. The second-order valence-electron chi connectivity index (χ2n) is 5.20. The van der Waals surface area contributed by atoms with Gasteiger partial charge in [0.2, 0.25) is 5.91 Å². The number of piperazine rings is 1. The predicted molar refractivity (Wildman–Crippen MR) is 83.8 cm³/mol. The Balaban J connectivity index is 1.86. The van der Waals surface area contributed by atoms with Gasteiger partial charge in [0.05, 0.1) is 17.8 Å². The van der Waals surface area contributed by atoms with Crippen LogP contribution in [0.2, 0.25) is 0 Å². The van der Waals surface area contributed by atoms with Gasteiger partial charge in [0.25, 0.3) is 5.91 Å². The van der Waals surface area contributed by atoms with E-state index in [0.29, 0.717) is 24.6 Å². The first-order valence-electron chi connectivity index (χ1n) is 7.28. The van der Waals surface area contributed by atoms with Crippen LogP contribution in [0.1, 0.15) is 10.4 Å². The third kappa shape index (κ3) is 3.17. The highest BCUT2D eigenvalue weighted by Crippen LogP contribution is 2.24. The molecule has 0 saturated carbocycles. The fourth-order valence-corrected chi connectivity index (χ4v) is 2.43. The maximum absolute atomic E-state index is 13.7. The number of rotatable bonds is 3. The molecule has 1 aliphatic rings. The number of hydrogen-bond donors (Lipinski definition) is 2. The van der Waals surface area contributed by atoms with E-state index in [9.17, 15) is 18.4 Å². The second kappa shape index (κ2) is 6.61. The Morgan fingerprint density at radius 2 is 2.08 bits per heavy atom.